The zero-order valence-electron chi connectivity index (χ0n) is 10.8. The lowest BCUT2D eigenvalue weighted by atomic mass is 10.3. The maximum atomic E-state index is 11.7. The van der Waals surface area contributed by atoms with E-state index in [1.165, 1.54) is 6.08 Å². The Hall–Kier alpha value is -2.51. The highest BCUT2D eigenvalue weighted by Gasteiger charge is 2.18. The van der Waals surface area contributed by atoms with E-state index < -0.39 is 5.97 Å². The minimum atomic E-state index is -0.512. The highest BCUT2D eigenvalue weighted by Crippen LogP contribution is 2.07. The van der Waals surface area contributed by atoms with Crippen LogP contribution in [0.5, 0.6) is 0 Å². The van der Waals surface area contributed by atoms with Crippen molar-refractivity contribution in [3.63, 3.8) is 0 Å². The monoisotopic (exact) mass is 262 g/mol. The number of hydrogen-bond donors (Lipinski definition) is 0. The first kappa shape index (κ1) is 12.9. The zero-order valence-corrected chi connectivity index (χ0v) is 10.8. The van der Waals surface area contributed by atoms with Crippen LogP contribution in [0.1, 0.15) is 22.0 Å². The van der Waals surface area contributed by atoms with Crippen LogP contribution in [-0.4, -0.2) is 42.3 Å². The van der Waals surface area contributed by atoms with Crippen LogP contribution in [0.15, 0.2) is 19.0 Å². The summed E-state index contributed by atoms with van der Waals surface area (Å²) in [6.07, 6.45) is 3.10. The number of rotatable bonds is 5. The number of aromatic nitrogens is 6. The van der Waals surface area contributed by atoms with E-state index in [9.17, 15) is 4.79 Å². The second-order valence-corrected chi connectivity index (χ2v) is 3.93. The highest BCUT2D eigenvalue weighted by molar-refractivity contribution is 5.88. The summed E-state index contributed by atoms with van der Waals surface area (Å²) in [4.78, 5) is 11.7. The lowest BCUT2D eigenvalue weighted by Crippen LogP contribution is -2.11. The Morgan fingerprint density at radius 2 is 2.32 bits per heavy atom. The molecule has 0 aliphatic rings. The molecule has 0 atom stereocenters. The number of carbonyl (C=O) groups is 1. The molecule has 2 rings (SSSR count). The van der Waals surface area contributed by atoms with Crippen LogP contribution in [0.3, 0.4) is 0 Å². The minimum absolute atomic E-state index is 0.147. The highest BCUT2D eigenvalue weighted by atomic mass is 16.5. The van der Waals surface area contributed by atoms with Crippen LogP contribution in [0.4, 0.5) is 0 Å². The molecule has 0 spiro atoms. The molecule has 0 amide bonds. The van der Waals surface area contributed by atoms with Crippen LogP contribution in [-0.2, 0) is 18.3 Å². The molecule has 0 N–H and O–H groups in total. The Kier molecular flexibility index (Phi) is 3.69. The summed E-state index contributed by atoms with van der Waals surface area (Å²) in [7, 11) is 1.83. The van der Waals surface area contributed by atoms with E-state index in [1.807, 2.05) is 7.05 Å². The fourth-order valence-corrected chi connectivity index (χ4v) is 1.49. The number of aryl methyl sites for hydroxylation is 1. The molecule has 0 aliphatic heterocycles. The Balaban J connectivity index is 2.16. The average molecular weight is 262 g/mol. The maximum Gasteiger partial charge on any atom is 0.361 e. The summed E-state index contributed by atoms with van der Waals surface area (Å²) in [5, 5.41) is 15.5. The molecule has 8 nitrogen and oxygen atoms in total. The topological polar surface area (TPSA) is 87.7 Å². The first-order valence-electron chi connectivity index (χ1n) is 5.64. The molecular weight excluding hydrogens is 248 g/mol. The summed E-state index contributed by atoms with van der Waals surface area (Å²) >= 11 is 0. The number of ether oxygens (including phenoxy) is 1. The molecule has 0 radical (unpaired) electrons. The van der Waals surface area contributed by atoms with Crippen LogP contribution in [0, 0.1) is 6.92 Å². The van der Waals surface area contributed by atoms with Gasteiger partial charge in [-0.1, -0.05) is 17.9 Å². The van der Waals surface area contributed by atoms with Gasteiger partial charge in [-0.15, -0.1) is 15.3 Å². The summed E-state index contributed by atoms with van der Waals surface area (Å²) < 4.78 is 8.28. The van der Waals surface area contributed by atoms with E-state index in [0.29, 0.717) is 12.2 Å². The average Bonchev–Trinajstić information content (AvgIpc) is 2.95. The van der Waals surface area contributed by atoms with Gasteiger partial charge in [0.2, 0.25) is 0 Å². The van der Waals surface area contributed by atoms with Crippen LogP contribution < -0.4 is 0 Å². The summed E-state index contributed by atoms with van der Waals surface area (Å²) in [5.74, 6) is 0.209. The van der Waals surface area contributed by atoms with Crippen molar-refractivity contribution in [1.82, 2.24) is 29.8 Å². The molecule has 2 heterocycles. The van der Waals surface area contributed by atoms with Crippen LogP contribution in [0.2, 0.25) is 0 Å². The van der Waals surface area contributed by atoms with Gasteiger partial charge in [0.05, 0.1) is 5.69 Å². The first-order chi connectivity index (χ1) is 9.13. The molecule has 0 fully saturated rings. The third kappa shape index (κ3) is 2.67. The normalized spacial score (nSPS) is 10.4. The fourth-order valence-electron chi connectivity index (χ4n) is 1.49. The minimum Gasteiger partial charge on any atom is -0.457 e. The van der Waals surface area contributed by atoms with Gasteiger partial charge in [0.1, 0.15) is 19.5 Å². The van der Waals surface area contributed by atoms with Crippen molar-refractivity contribution in [2.24, 2.45) is 7.05 Å². The van der Waals surface area contributed by atoms with Gasteiger partial charge >= 0.3 is 5.97 Å². The number of hydrogen-bond acceptors (Lipinski definition) is 6. The van der Waals surface area contributed by atoms with Crippen molar-refractivity contribution in [2.75, 3.05) is 6.61 Å². The first-order valence-corrected chi connectivity index (χ1v) is 5.64. The number of esters is 1. The largest absolute Gasteiger partial charge is 0.457 e. The summed E-state index contributed by atoms with van der Waals surface area (Å²) in [6, 6.07) is 0. The van der Waals surface area contributed by atoms with E-state index in [-0.39, 0.29) is 12.3 Å². The fraction of sp³-hybridized carbons (Fsp3) is 0.364. The van der Waals surface area contributed by atoms with Gasteiger partial charge in [0.25, 0.3) is 0 Å². The standard InChI is InChI=1S/C11H14N6O2/c1-4-5-19-11(18)10-8(2)17(15-14-10)6-9-13-12-7-16(9)3/h4,7H,1,5-6H2,2-3H3. The quantitative estimate of drug-likeness (QED) is 0.561. The second kappa shape index (κ2) is 5.42. The van der Waals surface area contributed by atoms with Gasteiger partial charge in [-0.25, -0.2) is 9.48 Å². The van der Waals surface area contributed by atoms with Gasteiger partial charge < -0.3 is 9.30 Å². The van der Waals surface area contributed by atoms with Gasteiger partial charge in [0, 0.05) is 7.05 Å². The van der Waals surface area contributed by atoms with E-state index in [0.717, 1.165) is 5.82 Å². The number of nitrogens with zero attached hydrogens (tertiary/aromatic N) is 6. The van der Waals surface area contributed by atoms with Gasteiger partial charge in [-0.05, 0) is 6.92 Å². The predicted molar refractivity (Wildman–Crippen MR) is 65.3 cm³/mol. The Bertz CT molecular complexity index is 600. The van der Waals surface area contributed by atoms with Crippen molar-refractivity contribution in [1.29, 1.82) is 0 Å². The predicted octanol–water partition coefficient (Wildman–Crippen LogP) is 0.106. The SMILES string of the molecule is C=CCOC(=O)c1nnn(Cc2nncn2C)c1C. The van der Waals surface area contributed by atoms with Gasteiger partial charge in [-0.3, -0.25) is 0 Å². The summed E-state index contributed by atoms with van der Waals surface area (Å²) in [6.45, 7) is 5.77. The Morgan fingerprint density at radius 1 is 1.53 bits per heavy atom. The molecule has 0 bridgehead atoms. The number of carbonyl (C=O) groups excluding carboxylic acids is 1. The summed E-state index contributed by atoms with van der Waals surface area (Å²) in [5.41, 5.74) is 0.820. The molecule has 0 saturated heterocycles. The van der Waals surface area contributed by atoms with Crippen molar-refractivity contribution < 1.29 is 9.53 Å². The smallest absolute Gasteiger partial charge is 0.361 e. The molecular formula is C11H14N6O2. The lowest BCUT2D eigenvalue weighted by Gasteiger charge is -2.03. The zero-order chi connectivity index (χ0) is 13.8. The second-order valence-electron chi connectivity index (χ2n) is 3.93. The molecule has 8 heteroatoms. The van der Waals surface area contributed by atoms with Crippen molar-refractivity contribution in [3.05, 3.63) is 36.2 Å². The molecule has 0 unspecified atom stereocenters. The van der Waals surface area contributed by atoms with E-state index in [1.54, 1.807) is 22.5 Å². The maximum absolute atomic E-state index is 11.7. The van der Waals surface area contributed by atoms with Gasteiger partial charge in [-0.2, -0.15) is 0 Å². The third-order valence-corrected chi connectivity index (χ3v) is 2.60. The lowest BCUT2D eigenvalue weighted by molar-refractivity contribution is 0.0542. The Labute approximate surface area is 109 Å². The molecule has 0 aromatic carbocycles. The molecule has 100 valence electrons. The molecule has 0 aliphatic carbocycles. The van der Waals surface area contributed by atoms with E-state index in [4.69, 9.17) is 4.74 Å². The van der Waals surface area contributed by atoms with Crippen molar-refractivity contribution >= 4 is 5.97 Å². The third-order valence-electron chi connectivity index (χ3n) is 2.60. The molecule has 0 saturated carbocycles. The molecule has 2 aromatic rings. The van der Waals surface area contributed by atoms with Crippen molar-refractivity contribution in [2.45, 2.75) is 13.5 Å². The Morgan fingerprint density at radius 3 is 2.95 bits per heavy atom. The van der Waals surface area contributed by atoms with Crippen LogP contribution in [0.25, 0.3) is 0 Å². The molecule has 2 aromatic heterocycles. The van der Waals surface area contributed by atoms with Crippen molar-refractivity contribution in [3.8, 4) is 0 Å². The van der Waals surface area contributed by atoms with E-state index in [2.05, 4.69) is 27.1 Å². The van der Waals surface area contributed by atoms with Crippen LogP contribution >= 0.6 is 0 Å². The molecule has 19 heavy (non-hydrogen) atoms. The van der Waals surface area contributed by atoms with E-state index >= 15 is 0 Å². The van der Waals surface area contributed by atoms with Gasteiger partial charge in [0.15, 0.2) is 11.5 Å².